The van der Waals surface area contributed by atoms with Gasteiger partial charge in [-0.25, -0.2) is 4.39 Å². The Kier molecular flexibility index (Phi) is 29.6. The number of rotatable bonds is 23. The van der Waals surface area contributed by atoms with Crippen molar-refractivity contribution in [1.82, 2.24) is 0 Å². The van der Waals surface area contributed by atoms with Gasteiger partial charge in [-0.05, 0) is 154 Å². The lowest BCUT2D eigenvalue weighted by atomic mass is 9.94. The molecule has 0 spiro atoms. The number of sulfonamides is 3. The smallest absolute Gasteiger partial charge is 0.321 e. The molecule has 3 aliphatic carbocycles. The number of thioether (sulfide) groups is 4. The van der Waals surface area contributed by atoms with Crippen molar-refractivity contribution < 1.29 is 103 Å². The van der Waals surface area contributed by atoms with Crippen LogP contribution in [0.1, 0.15) is 71.4 Å². The Bertz CT molecular complexity index is 6050. The minimum Gasteiger partial charge on any atom is -0.506 e. The molecule has 0 aromatic heterocycles. The lowest BCUT2D eigenvalue weighted by Gasteiger charge is -2.18. The van der Waals surface area contributed by atoms with Gasteiger partial charge in [0, 0.05) is 59.2 Å². The lowest BCUT2D eigenvalue weighted by molar-refractivity contribution is -0.134. The molecule has 0 saturated heterocycles. The van der Waals surface area contributed by atoms with Gasteiger partial charge < -0.3 is 40.3 Å². The summed E-state index contributed by atoms with van der Waals surface area (Å²) in [5.41, 5.74) is 4.24. The summed E-state index contributed by atoms with van der Waals surface area (Å²) in [4.78, 5) is 92.3. The number of anilines is 1. The highest BCUT2D eigenvalue weighted by Crippen LogP contribution is 2.47. The quantitative estimate of drug-likeness (QED) is 0.0178. The minimum absolute atomic E-state index is 0.0146. The number of hydrogen-bond acceptors (Lipinski definition) is 20. The predicted octanol–water partition coefficient (Wildman–Crippen LogP) is 15.6. The van der Waals surface area contributed by atoms with Crippen molar-refractivity contribution in [2.75, 3.05) is 34.7 Å². The SMILES string of the molecule is CCOc1cc(S(=O)(=O)N=C2C=C(SCC(=O)O)C(=O)c3cc(F)ccc32)ccc1Cl.Cc1cc(C)c(S(=O)(=O)N=C2C=C(SCC(=O)O)C(=O)c3ccccc32)cc1C.O=C(O)CSC1=CC(=NS(=O)(=O)c2ccc(Br)cc2)c2ccccc2C1=O.O=C(O)CSc1cc(NP(=O)(O)c2ccc(Br)cc2)c2ccccc2c1O. The van der Waals surface area contributed by atoms with E-state index in [9.17, 15) is 77.8 Å². The van der Waals surface area contributed by atoms with Crippen molar-refractivity contribution in [1.29, 1.82) is 0 Å². The van der Waals surface area contributed by atoms with Crippen molar-refractivity contribution in [2.24, 2.45) is 13.2 Å². The highest BCUT2D eigenvalue weighted by molar-refractivity contribution is 9.10. The van der Waals surface area contributed by atoms with Gasteiger partial charge in [0.2, 0.25) is 0 Å². The van der Waals surface area contributed by atoms with Gasteiger partial charge in [-0.1, -0.05) is 122 Å². The Morgan fingerprint density at radius 3 is 1.40 bits per heavy atom. The Hall–Kier alpha value is -9.62. The predicted molar refractivity (Wildman–Crippen MR) is 447 cm³/mol. The zero-order valence-electron chi connectivity index (χ0n) is 59.5. The molecule has 1 unspecified atom stereocenters. The number of halogens is 4. The van der Waals surface area contributed by atoms with Crippen LogP contribution in [-0.2, 0) is 53.8 Å². The van der Waals surface area contributed by atoms with Crippen LogP contribution in [0.2, 0.25) is 5.02 Å². The Balaban J connectivity index is 0.000000174. The third kappa shape index (κ3) is 22.5. The molecule has 7 N–H and O–H groups in total. The van der Waals surface area contributed by atoms with Crippen LogP contribution in [0.15, 0.2) is 251 Å². The fourth-order valence-electron chi connectivity index (χ4n) is 10.7. The molecule has 0 amide bonds. The normalized spacial score (nSPS) is 14.7. The number of allylic oxidation sites excluding steroid dienone is 6. The summed E-state index contributed by atoms with van der Waals surface area (Å²) < 4.78 is 122. The summed E-state index contributed by atoms with van der Waals surface area (Å²) in [6, 6.07) is 44.4. The van der Waals surface area contributed by atoms with E-state index in [1.807, 2.05) is 13.8 Å². The third-order valence-electron chi connectivity index (χ3n) is 16.0. The van der Waals surface area contributed by atoms with E-state index in [4.69, 9.17) is 36.8 Å². The maximum atomic E-state index is 13.7. The number of nitrogens with zero attached hydrogens (tertiary/aromatic N) is 3. The lowest BCUT2D eigenvalue weighted by Crippen LogP contribution is -2.18. The fourth-order valence-corrected chi connectivity index (χ4v) is 18.8. The van der Waals surface area contributed by atoms with Crippen LogP contribution in [0.4, 0.5) is 10.1 Å². The molecule has 0 aliphatic heterocycles. The number of carboxylic acids is 4. The van der Waals surface area contributed by atoms with Gasteiger partial charge in [0.05, 0.1) is 97.1 Å². The molecular formula is C77H61Br2ClFN4O21PS7. The number of phenolic OH excluding ortho intramolecular Hbond substituents is 1. The van der Waals surface area contributed by atoms with Crippen LogP contribution in [0.5, 0.6) is 11.5 Å². The second kappa shape index (κ2) is 38.2. The Labute approximate surface area is 690 Å². The molecule has 0 radical (unpaired) electrons. The fraction of sp³-hybridized carbons (Fsp3) is 0.117. The number of carboxylic acid groups (broad SMARTS) is 4. The van der Waals surface area contributed by atoms with Crippen molar-refractivity contribution in [3.8, 4) is 11.5 Å². The number of phenols is 1. The molecular weight excluding hydrogens is 1790 g/mol. The highest BCUT2D eigenvalue weighted by Gasteiger charge is 2.32. The van der Waals surface area contributed by atoms with E-state index >= 15 is 0 Å². The van der Waals surface area contributed by atoms with E-state index in [0.29, 0.717) is 55.4 Å². The second-order valence-corrected chi connectivity index (χ2v) is 37.0. The number of ketones is 3. The molecule has 37 heteroatoms. The standard InChI is InChI=1S/C21H19NO5S2.C20H15ClFNO6S2.C18H15BrNO5PS.C18H12BrNO5S2/c1-12-8-14(3)19(9-13(12)2)29(26,27)22-17-10-18(28-11-20(23)24)21(25)16-7-5-4-6-15(16)17;1-2-29-17-8-12(4-6-15(17)21)31(27,28)23-16-9-18(30-10-19(24)25)20(26)14-7-11(22)3-5-13(14)16;19-11-5-7-12(8-6-11)26(24,25)20-15-9-16(27-10-17(21)22)18(23)14-4-2-1-3-13(14)15;19-11-5-7-12(8-6-11)27(24,25)20-15-9-16(26-10-17(21)22)18(23)14-4-2-1-3-13(14)15/h4-10H,11H2,1-3H3,(H,23,24);3-9H,2,10H2,1H3,(H,24,25);1-9,23H,10H2,(H,21,22)(H2,20,24,25);1-9H,10H2,(H,21,22). The summed E-state index contributed by atoms with van der Waals surface area (Å²) in [5.74, 6) is -7.52. The molecule has 12 rings (SSSR count). The molecule has 1 atom stereocenters. The first-order valence-electron chi connectivity index (χ1n) is 32.9. The number of Topliss-reactive ketones (excluding diaryl/α,β-unsaturated/α-hetero) is 3. The molecule has 0 saturated carbocycles. The molecule has 9 aromatic carbocycles. The average Bonchev–Trinajstić information content (AvgIpc) is 0.784. The monoisotopic (exact) mass is 1840 g/mol. The van der Waals surface area contributed by atoms with Crippen LogP contribution in [0.25, 0.3) is 10.8 Å². The number of aryl methyl sites for hydroxylation is 3. The molecule has 0 bridgehead atoms. The number of nitrogens with one attached hydrogen (secondary N) is 1. The molecule has 9 aromatic rings. The van der Waals surface area contributed by atoms with Crippen molar-refractivity contribution in [3.63, 3.8) is 0 Å². The van der Waals surface area contributed by atoms with Crippen LogP contribution in [0, 0.1) is 26.6 Å². The summed E-state index contributed by atoms with van der Waals surface area (Å²) in [6.07, 6.45) is 3.87. The van der Waals surface area contributed by atoms with Gasteiger partial charge in [0.25, 0.3) is 30.1 Å². The number of benzene rings is 9. The van der Waals surface area contributed by atoms with Crippen LogP contribution in [0.3, 0.4) is 0 Å². The number of carbonyl (C=O) groups excluding carboxylic acids is 3. The number of aromatic hydroxyl groups is 1. The van der Waals surface area contributed by atoms with Gasteiger partial charge in [-0.15, -0.1) is 47.0 Å². The maximum Gasteiger partial charge on any atom is 0.321 e. The average molecular weight is 1850 g/mol. The number of aliphatic carboxylic acids is 4. The van der Waals surface area contributed by atoms with E-state index in [1.165, 1.54) is 60.7 Å². The van der Waals surface area contributed by atoms with E-state index in [2.05, 4.69) is 50.1 Å². The molecule has 0 fully saturated rings. The number of carbonyl (C=O) groups is 7. The van der Waals surface area contributed by atoms with Crippen LogP contribution in [-0.4, -0.2) is 144 Å². The van der Waals surface area contributed by atoms with Crippen molar-refractivity contribution >= 4 is 208 Å². The first-order chi connectivity index (χ1) is 53.8. The van der Waals surface area contributed by atoms with Crippen molar-refractivity contribution in [2.45, 2.75) is 47.3 Å². The van der Waals surface area contributed by atoms with Gasteiger partial charge >= 0.3 is 31.4 Å². The largest absolute Gasteiger partial charge is 0.506 e. The molecule has 590 valence electrons. The van der Waals surface area contributed by atoms with E-state index in [-0.39, 0.29) is 120 Å². The summed E-state index contributed by atoms with van der Waals surface area (Å²) >= 11 is 15.9. The summed E-state index contributed by atoms with van der Waals surface area (Å²) in [5, 5.41) is 50.2. The first-order valence-corrected chi connectivity index (χ1v) is 44.7. The number of hydrogen-bond donors (Lipinski definition) is 7. The Morgan fingerprint density at radius 2 is 0.912 bits per heavy atom. The molecule has 3 aliphatic rings. The third-order valence-corrected chi connectivity index (χ3v) is 27.0. The minimum atomic E-state index is -4.27. The number of ether oxygens (including phenoxy) is 1. The zero-order valence-corrected chi connectivity index (χ0v) is 70.0. The second-order valence-electron chi connectivity index (χ2n) is 24.0. The van der Waals surface area contributed by atoms with Crippen molar-refractivity contribution in [3.05, 3.63) is 279 Å². The highest BCUT2D eigenvalue weighted by atomic mass is 79.9. The van der Waals surface area contributed by atoms with Gasteiger partial charge in [-0.3, -0.25) is 38.1 Å². The van der Waals surface area contributed by atoms with E-state index < -0.39 is 78.8 Å². The van der Waals surface area contributed by atoms with Gasteiger partial charge in [0.1, 0.15) is 17.3 Å². The van der Waals surface area contributed by atoms with Gasteiger partial charge in [-0.2, -0.15) is 38.4 Å². The number of fused-ring (bicyclic) bond motifs is 4. The van der Waals surface area contributed by atoms with Crippen LogP contribution >= 0.6 is 98.0 Å². The molecule has 25 nitrogen and oxygen atoms in total. The Morgan fingerprint density at radius 1 is 0.500 bits per heavy atom. The van der Waals surface area contributed by atoms with Crippen LogP contribution < -0.4 is 15.1 Å². The van der Waals surface area contributed by atoms with E-state index in [0.717, 1.165) is 67.5 Å². The van der Waals surface area contributed by atoms with Gasteiger partial charge in [0.15, 0.2) is 17.3 Å². The molecule has 0 heterocycles. The zero-order chi connectivity index (χ0) is 83.3. The van der Waals surface area contributed by atoms with E-state index in [1.54, 1.807) is 135 Å². The first kappa shape index (κ1) is 88.3. The summed E-state index contributed by atoms with van der Waals surface area (Å²) in [6.45, 7) is 7.43. The topological polar surface area (TPSA) is 419 Å². The molecule has 114 heavy (non-hydrogen) atoms. The maximum absolute atomic E-state index is 13.7. The summed E-state index contributed by atoms with van der Waals surface area (Å²) in [7, 11) is -16.3.